The molecule has 0 aliphatic rings. The minimum absolute atomic E-state index is 0. The van der Waals surface area contributed by atoms with Gasteiger partial charge in [-0.1, -0.05) is 43.7 Å². The molecule has 0 radical (unpaired) electrons. The molecule has 0 bridgehead atoms. The van der Waals surface area contributed by atoms with Crippen molar-refractivity contribution >= 4 is 56.2 Å². The van der Waals surface area contributed by atoms with E-state index in [1.54, 1.807) is 0 Å². The third-order valence-electron chi connectivity index (χ3n) is 3.82. The first kappa shape index (κ1) is 25.8. The van der Waals surface area contributed by atoms with Gasteiger partial charge in [0.05, 0.1) is 16.9 Å². The number of aromatic nitrogens is 1. The Morgan fingerprint density at radius 1 is 1.28 bits per heavy atom. The molecule has 2 rings (SSSR count). The van der Waals surface area contributed by atoms with E-state index in [-0.39, 0.29) is 39.7 Å². The van der Waals surface area contributed by atoms with Gasteiger partial charge in [-0.15, -0.1) is 12.4 Å². The van der Waals surface area contributed by atoms with Crippen molar-refractivity contribution in [2.75, 3.05) is 23.6 Å². The second-order valence-corrected chi connectivity index (χ2v) is 10.5. The van der Waals surface area contributed by atoms with Crippen molar-refractivity contribution in [2.45, 2.75) is 38.1 Å². The Hall–Kier alpha value is -1.20. The summed E-state index contributed by atoms with van der Waals surface area (Å²) in [6.45, 7) is 6.83. The molecular weight excluding hydrogens is 465 g/mol. The number of sulfonamides is 1. The maximum atomic E-state index is 14.5. The number of nitrogens with zero attached hydrogens (tertiary/aromatic N) is 1. The molecule has 0 aliphatic heterocycles. The van der Waals surface area contributed by atoms with Gasteiger partial charge < -0.3 is 10.6 Å². The van der Waals surface area contributed by atoms with Gasteiger partial charge >= 0.3 is 0 Å². The van der Waals surface area contributed by atoms with Gasteiger partial charge in [0.2, 0.25) is 0 Å². The fourth-order valence-electron chi connectivity index (χ4n) is 2.59. The Morgan fingerprint density at radius 2 is 1.93 bits per heavy atom. The number of hydrogen-bond donors (Lipinski definition) is 3. The number of nitrogens with one attached hydrogen (secondary N) is 3. The molecule has 29 heavy (non-hydrogen) atoms. The summed E-state index contributed by atoms with van der Waals surface area (Å²) in [5, 5.41) is 5.43. The number of halogens is 4. The van der Waals surface area contributed by atoms with E-state index in [2.05, 4.69) is 36.4 Å². The molecule has 0 saturated carbocycles. The number of benzene rings is 1. The van der Waals surface area contributed by atoms with E-state index in [0.29, 0.717) is 17.9 Å². The van der Waals surface area contributed by atoms with Crippen LogP contribution in [0.4, 0.5) is 19.6 Å². The first-order valence-electron chi connectivity index (χ1n) is 8.45. The van der Waals surface area contributed by atoms with Crippen LogP contribution >= 0.6 is 35.3 Å². The average molecular weight is 489 g/mol. The molecular formula is C17H24Cl2F2N4O2S2. The summed E-state index contributed by atoms with van der Waals surface area (Å²) in [6, 6.07) is 2.16. The Balaban J connectivity index is 0.00000420. The smallest absolute Gasteiger partial charge is 0.266 e. The van der Waals surface area contributed by atoms with E-state index in [4.69, 9.17) is 11.6 Å². The topological polar surface area (TPSA) is 83.1 Å². The molecule has 3 N–H and O–H groups in total. The van der Waals surface area contributed by atoms with Gasteiger partial charge in [0.25, 0.3) is 10.0 Å². The van der Waals surface area contributed by atoms with E-state index in [1.165, 1.54) is 0 Å². The highest BCUT2D eigenvalue weighted by Gasteiger charge is 2.23. The summed E-state index contributed by atoms with van der Waals surface area (Å²) in [7, 11) is -2.46. The highest BCUT2D eigenvalue weighted by atomic mass is 35.5. The summed E-state index contributed by atoms with van der Waals surface area (Å²) in [5.74, 6) is -0.978. The van der Waals surface area contributed by atoms with Crippen molar-refractivity contribution in [2.24, 2.45) is 5.41 Å². The van der Waals surface area contributed by atoms with E-state index in [1.807, 2.05) is 11.8 Å². The Morgan fingerprint density at radius 3 is 2.45 bits per heavy atom. The Bertz CT molecular complexity index is 934. The number of thiazole rings is 1. The van der Waals surface area contributed by atoms with Gasteiger partial charge in [-0.2, -0.15) is 4.39 Å². The zero-order valence-electron chi connectivity index (χ0n) is 16.3. The van der Waals surface area contributed by atoms with Crippen LogP contribution in [0.3, 0.4) is 0 Å². The van der Waals surface area contributed by atoms with E-state index in [9.17, 15) is 17.2 Å². The minimum Gasteiger partial charge on any atom is -0.382 e. The van der Waals surface area contributed by atoms with Gasteiger partial charge in [-0.05, 0) is 31.0 Å². The Kier molecular flexibility index (Phi) is 9.10. The van der Waals surface area contributed by atoms with Crippen LogP contribution < -0.4 is 15.4 Å². The molecule has 0 amide bonds. The van der Waals surface area contributed by atoms with Crippen molar-refractivity contribution in [3.05, 3.63) is 34.3 Å². The molecule has 0 saturated heterocycles. The largest absolute Gasteiger partial charge is 0.382 e. The molecule has 2 aromatic rings. The van der Waals surface area contributed by atoms with E-state index in [0.717, 1.165) is 24.8 Å². The number of hydrogen-bond acceptors (Lipinski definition) is 6. The third-order valence-corrected chi connectivity index (χ3v) is 6.31. The molecule has 0 spiro atoms. The zero-order chi connectivity index (χ0) is 21.1. The molecule has 6 nitrogen and oxygen atoms in total. The van der Waals surface area contributed by atoms with Crippen LogP contribution in [0, 0.1) is 16.4 Å². The summed E-state index contributed by atoms with van der Waals surface area (Å²) in [4.78, 5) is 2.92. The van der Waals surface area contributed by atoms with Gasteiger partial charge in [0.1, 0.15) is 10.7 Å². The number of rotatable bonds is 8. The maximum absolute atomic E-state index is 14.5. The van der Waals surface area contributed by atoms with Gasteiger partial charge in [-0.25, -0.2) is 17.8 Å². The second kappa shape index (κ2) is 10.2. The average Bonchev–Trinajstić information content (AvgIpc) is 2.96. The molecule has 12 heteroatoms. The highest BCUT2D eigenvalue weighted by Crippen LogP contribution is 2.30. The van der Waals surface area contributed by atoms with E-state index < -0.39 is 25.9 Å². The molecule has 1 aromatic carbocycles. The molecule has 164 valence electrons. The first-order chi connectivity index (χ1) is 12.9. The molecule has 1 heterocycles. The van der Waals surface area contributed by atoms with Crippen molar-refractivity contribution in [3.63, 3.8) is 0 Å². The van der Waals surface area contributed by atoms with Crippen LogP contribution in [0.25, 0.3) is 0 Å². The maximum Gasteiger partial charge on any atom is 0.266 e. The van der Waals surface area contributed by atoms with Crippen LogP contribution in [0.1, 0.15) is 27.2 Å². The van der Waals surface area contributed by atoms with Crippen molar-refractivity contribution in [1.29, 1.82) is 0 Å². The fraction of sp³-hybridized carbons (Fsp3) is 0.471. The van der Waals surface area contributed by atoms with Crippen LogP contribution in [-0.4, -0.2) is 33.0 Å². The summed E-state index contributed by atoms with van der Waals surface area (Å²) in [5.41, 5.74) is 0.385. The number of anilines is 2. The second-order valence-electron chi connectivity index (χ2n) is 7.47. The lowest BCUT2D eigenvalue weighted by molar-refractivity contribution is 0.323. The predicted molar refractivity (Wildman–Crippen MR) is 117 cm³/mol. The number of likely N-dealkylation sites (N-methyl/N-ethyl adjacent to an activating group) is 1. The van der Waals surface area contributed by atoms with Crippen LogP contribution in [-0.2, 0) is 10.0 Å². The van der Waals surface area contributed by atoms with Crippen molar-refractivity contribution in [3.8, 4) is 0 Å². The third kappa shape index (κ3) is 7.53. The fourth-order valence-corrected chi connectivity index (χ4v) is 4.76. The lowest BCUT2D eigenvalue weighted by Crippen LogP contribution is -2.36. The molecule has 0 aliphatic carbocycles. The lowest BCUT2D eigenvalue weighted by Gasteiger charge is -2.26. The summed E-state index contributed by atoms with van der Waals surface area (Å²) < 4.78 is 54.3. The standard InChI is InChI=1S/C17H23ClF2N4O2S2.ClH/c1-17(2,3)7-10(21-4)8-22-13-6-12(19)14(5-11(13)18)28(25,26)24-16-23-9-15(20)27-16;/h5-6,9-10,21-22H,7-8H2,1-4H3,(H,23,24);1H/t10-;/m0./s1. The highest BCUT2D eigenvalue weighted by molar-refractivity contribution is 7.93. The van der Waals surface area contributed by atoms with Gasteiger partial charge in [-0.3, -0.25) is 4.72 Å². The normalized spacial score (nSPS) is 12.9. The SMILES string of the molecule is CN[C@H](CNc1cc(F)c(S(=O)(=O)Nc2ncc(F)s2)cc1Cl)CC(C)(C)C.Cl. The monoisotopic (exact) mass is 488 g/mol. The first-order valence-corrected chi connectivity index (χ1v) is 11.1. The molecule has 1 aromatic heterocycles. The minimum atomic E-state index is -4.30. The van der Waals surface area contributed by atoms with E-state index >= 15 is 0 Å². The quantitative estimate of drug-likeness (QED) is 0.499. The summed E-state index contributed by atoms with van der Waals surface area (Å²) >= 11 is 6.66. The molecule has 1 atom stereocenters. The Labute approximate surface area is 184 Å². The van der Waals surface area contributed by atoms with Crippen LogP contribution in [0.15, 0.2) is 23.2 Å². The van der Waals surface area contributed by atoms with Gasteiger partial charge in [0.15, 0.2) is 10.3 Å². The lowest BCUT2D eigenvalue weighted by atomic mass is 9.88. The van der Waals surface area contributed by atoms with Crippen LogP contribution in [0.5, 0.6) is 0 Å². The summed E-state index contributed by atoms with van der Waals surface area (Å²) in [6.07, 6.45) is 1.74. The van der Waals surface area contributed by atoms with Gasteiger partial charge in [0, 0.05) is 12.6 Å². The molecule has 0 unspecified atom stereocenters. The van der Waals surface area contributed by atoms with Crippen molar-refractivity contribution in [1.82, 2.24) is 10.3 Å². The van der Waals surface area contributed by atoms with Crippen LogP contribution in [0.2, 0.25) is 5.02 Å². The van der Waals surface area contributed by atoms with Crippen molar-refractivity contribution < 1.29 is 17.2 Å². The molecule has 0 fully saturated rings. The zero-order valence-corrected chi connectivity index (χ0v) is 19.6. The predicted octanol–water partition coefficient (Wildman–Crippen LogP) is 4.73.